The van der Waals surface area contributed by atoms with E-state index >= 15 is 0 Å². The van der Waals surface area contributed by atoms with Gasteiger partial charge in [-0.1, -0.05) is 47.5 Å². The molecule has 3 aromatic rings. The summed E-state index contributed by atoms with van der Waals surface area (Å²) >= 11 is 0. The molecule has 0 aliphatic heterocycles. The molecule has 0 bridgehead atoms. The first-order valence-corrected chi connectivity index (χ1v) is 5.92. The zero-order valence-corrected chi connectivity index (χ0v) is 15.2. The van der Waals surface area contributed by atoms with Crippen molar-refractivity contribution in [1.29, 1.82) is 0 Å². The SMILES string of the molecule is Cc1ccc2c(O)c(O)c3ccc(C)cc3c2c1.[OH3+].[OH3+].[Zn]. The molecule has 3 rings (SSSR count). The fourth-order valence-electron chi connectivity index (χ4n) is 2.43. The minimum Gasteiger partial charge on any atom is -0.504 e. The van der Waals surface area contributed by atoms with Gasteiger partial charge < -0.3 is 21.2 Å². The molecule has 0 aliphatic rings. The number of benzene rings is 3. The first kappa shape index (κ1) is 19.3. The summed E-state index contributed by atoms with van der Waals surface area (Å²) in [5, 5.41) is 23.5. The normalized spacial score (nSPS) is 9.62. The summed E-state index contributed by atoms with van der Waals surface area (Å²) in [5.41, 5.74) is 2.27. The van der Waals surface area contributed by atoms with Crippen LogP contribution in [0.15, 0.2) is 36.4 Å². The van der Waals surface area contributed by atoms with Gasteiger partial charge in [-0.05, 0) is 24.6 Å². The van der Waals surface area contributed by atoms with Crippen molar-refractivity contribution in [2.75, 3.05) is 0 Å². The van der Waals surface area contributed by atoms with Crippen molar-refractivity contribution in [1.82, 2.24) is 0 Å². The first-order chi connectivity index (χ1) is 8.58. The predicted octanol–water partition coefficient (Wildman–Crippen LogP) is 2.17. The average molecular weight is 342 g/mol. The van der Waals surface area contributed by atoms with Gasteiger partial charge in [0.05, 0.1) is 0 Å². The van der Waals surface area contributed by atoms with Crippen LogP contribution in [-0.2, 0) is 30.4 Å². The van der Waals surface area contributed by atoms with Gasteiger partial charge in [-0.3, -0.25) is 0 Å². The van der Waals surface area contributed by atoms with E-state index in [0.717, 1.165) is 21.9 Å². The van der Waals surface area contributed by atoms with E-state index in [1.165, 1.54) is 0 Å². The molecular formula is C16H20O4Zn+2. The molecule has 0 saturated heterocycles. The molecule has 0 radical (unpaired) electrons. The zero-order chi connectivity index (χ0) is 12.9. The third kappa shape index (κ3) is 3.00. The van der Waals surface area contributed by atoms with E-state index in [1.54, 1.807) is 0 Å². The van der Waals surface area contributed by atoms with Gasteiger partial charge in [-0.2, -0.15) is 0 Å². The molecular weight excluding hydrogens is 322 g/mol. The van der Waals surface area contributed by atoms with Crippen LogP contribution in [0, 0.1) is 13.8 Å². The largest absolute Gasteiger partial charge is 0.504 e. The van der Waals surface area contributed by atoms with Gasteiger partial charge in [0, 0.05) is 30.3 Å². The molecule has 0 aliphatic carbocycles. The van der Waals surface area contributed by atoms with Crippen molar-refractivity contribution in [2.24, 2.45) is 0 Å². The number of rotatable bonds is 0. The van der Waals surface area contributed by atoms with Crippen molar-refractivity contribution in [3.8, 4) is 11.5 Å². The number of aromatic hydroxyl groups is 2. The summed E-state index contributed by atoms with van der Waals surface area (Å²) in [5.74, 6) is -0.0808. The van der Waals surface area contributed by atoms with Crippen LogP contribution >= 0.6 is 0 Å². The predicted molar refractivity (Wildman–Crippen MR) is 84.0 cm³/mol. The maximum atomic E-state index is 10.1. The molecule has 0 saturated carbocycles. The van der Waals surface area contributed by atoms with E-state index < -0.39 is 0 Å². The molecule has 4 nitrogen and oxygen atoms in total. The number of aryl methyl sites for hydroxylation is 2. The molecule has 0 amide bonds. The van der Waals surface area contributed by atoms with Crippen LogP contribution in [0.2, 0.25) is 0 Å². The minimum atomic E-state index is -0.0404. The first-order valence-electron chi connectivity index (χ1n) is 5.92. The summed E-state index contributed by atoms with van der Waals surface area (Å²) in [6.07, 6.45) is 0. The van der Waals surface area contributed by atoms with Gasteiger partial charge in [0.15, 0.2) is 11.5 Å². The third-order valence-corrected chi connectivity index (χ3v) is 3.37. The third-order valence-electron chi connectivity index (χ3n) is 3.37. The van der Waals surface area contributed by atoms with Gasteiger partial charge in [-0.25, -0.2) is 0 Å². The summed E-state index contributed by atoms with van der Waals surface area (Å²) in [6, 6.07) is 11.6. The molecule has 8 N–H and O–H groups in total. The fraction of sp³-hybridized carbons (Fsp3) is 0.125. The molecule has 3 aromatic carbocycles. The van der Waals surface area contributed by atoms with E-state index in [4.69, 9.17) is 0 Å². The van der Waals surface area contributed by atoms with Crippen LogP contribution in [-0.4, -0.2) is 10.2 Å². The number of hydrogen-bond acceptors (Lipinski definition) is 2. The number of fused-ring (bicyclic) bond motifs is 3. The van der Waals surface area contributed by atoms with E-state index in [-0.39, 0.29) is 41.9 Å². The molecule has 21 heavy (non-hydrogen) atoms. The second-order valence-corrected chi connectivity index (χ2v) is 4.80. The molecule has 0 atom stereocenters. The van der Waals surface area contributed by atoms with Crippen LogP contribution < -0.4 is 0 Å². The Balaban J connectivity index is 0.00000133. The van der Waals surface area contributed by atoms with Crippen LogP contribution in [0.25, 0.3) is 21.5 Å². The van der Waals surface area contributed by atoms with Gasteiger partial charge in [-0.15, -0.1) is 0 Å². The van der Waals surface area contributed by atoms with Crippen LogP contribution in [0.4, 0.5) is 0 Å². The minimum absolute atomic E-state index is 0. The quantitative estimate of drug-likeness (QED) is 0.283. The van der Waals surface area contributed by atoms with Crippen LogP contribution in [0.3, 0.4) is 0 Å². The van der Waals surface area contributed by atoms with E-state index in [1.807, 2.05) is 50.2 Å². The molecule has 0 fully saturated rings. The van der Waals surface area contributed by atoms with Crippen molar-refractivity contribution < 1.29 is 40.6 Å². The summed E-state index contributed by atoms with van der Waals surface area (Å²) in [4.78, 5) is 0. The van der Waals surface area contributed by atoms with Crippen molar-refractivity contribution in [3.63, 3.8) is 0 Å². The van der Waals surface area contributed by atoms with Crippen LogP contribution in [0.1, 0.15) is 11.1 Å². The molecule has 0 spiro atoms. The summed E-state index contributed by atoms with van der Waals surface area (Å²) in [7, 11) is 0. The molecule has 108 valence electrons. The van der Waals surface area contributed by atoms with Crippen molar-refractivity contribution in [3.05, 3.63) is 47.5 Å². The van der Waals surface area contributed by atoms with E-state index in [0.29, 0.717) is 10.8 Å². The van der Waals surface area contributed by atoms with Crippen molar-refractivity contribution in [2.45, 2.75) is 13.8 Å². The summed E-state index contributed by atoms with van der Waals surface area (Å²) in [6.45, 7) is 4.04. The van der Waals surface area contributed by atoms with Gasteiger partial charge in [0.1, 0.15) is 0 Å². The van der Waals surface area contributed by atoms with Crippen molar-refractivity contribution >= 4 is 21.5 Å². The Hall–Kier alpha value is -1.68. The van der Waals surface area contributed by atoms with Crippen LogP contribution in [0.5, 0.6) is 11.5 Å². The standard InChI is InChI=1S/C16H14O2.2H2O.Zn/c1-9-3-5-11-13(7-9)14-8-10(2)4-6-12(14)16(18)15(11)17;;;/h3-8,17-18H,1-2H3;2*1H2;/p+2. The maximum Gasteiger partial charge on any atom is 0.166 e. The number of hydrogen-bond donors (Lipinski definition) is 2. The topological polar surface area (TPSA) is 106 Å². The second-order valence-electron chi connectivity index (χ2n) is 4.80. The van der Waals surface area contributed by atoms with Gasteiger partial charge in [0.25, 0.3) is 0 Å². The Morgan fingerprint density at radius 3 is 1.29 bits per heavy atom. The fourth-order valence-corrected chi connectivity index (χ4v) is 2.43. The Labute approximate surface area is 135 Å². The van der Waals surface area contributed by atoms with E-state index in [2.05, 4.69) is 0 Å². The van der Waals surface area contributed by atoms with E-state index in [9.17, 15) is 10.2 Å². The molecule has 0 aromatic heterocycles. The molecule has 0 heterocycles. The average Bonchev–Trinajstić information content (AvgIpc) is 2.36. The summed E-state index contributed by atoms with van der Waals surface area (Å²) < 4.78 is 0. The second kappa shape index (κ2) is 6.85. The maximum absolute atomic E-state index is 10.1. The smallest absolute Gasteiger partial charge is 0.166 e. The Morgan fingerprint density at radius 2 is 0.952 bits per heavy atom. The monoisotopic (exact) mass is 340 g/mol. The number of phenolic OH excluding ortho intramolecular Hbond substituents is 2. The molecule has 0 unspecified atom stereocenters. The Bertz CT molecular complexity index is 717. The Morgan fingerprint density at radius 1 is 0.619 bits per heavy atom. The number of phenols is 2. The Kier molecular flexibility index (Phi) is 6.31. The molecule has 5 heteroatoms. The van der Waals surface area contributed by atoms with Gasteiger partial charge >= 0.3 is 0 Å². The van der Waals surface area contributed by atoms with Gasteiger partial charge in [0.2, 0.25) is 0 Å². The zero-order valence-electron chi connectivity index (χ0n) is 12.2.